The predicted octanol–water partition coefficient (Wildman–Crippen LogP) is 0.628. The number of amides is 1. The summed E-state index contributed by atoms with van der Waals surface area (Å²) in [6.07, 6.45) is 0.309. The molecule has 0 spiro atoms. The maximum atomic E-state index is 13.0. The Balaban J connectivity index is 1.93. The highest BCUT2D eigenvalue weighted by molar-refractivity contribution is 5.82. The van der Waals surface area contributed by atoms with E-state index in [0.717, 1.165) is 0 Å². The van der Waals surface area contributed by atoms with Gasteiger partial charge in [0.2, 0.25) is 0 Å². The summed E-state index contributed by atoms with van der Waals surface area (Å²) >= 11 is 0. The van der Waals surface area contributed by atoms with Crippen molar-refractivity contribution in [3.8, 4) is 5.75 Å². The van der Waals surface area contributed by atoms with Crippen LogP contribution in [0.3, 0.4) is 0 Å². The van der Waals surface area contributed by atoms with Gasteiger partial charge in [-0.2, -0.15) is 0 Å². The molecule has 0 aliphatic carbocycles. The van der Waals surface area contributed by atoms with Gasteiger partial charge in [0.05, 0.1) is 0 Å². The molecule has 1 aromatic carbocycles. The molecule has 92 valence electrons. The van der Waals surface area contributed by atoms with Gasteiger partial charge in [0.1, 0.15) is 11.6 Å². The monoisotopic (exact) mass is 239 g/mol. The molecule has 2 N–H and O–H groups in total. The third-order valence-corrected chi connectivity index (χ3v) is 2.62. The normalized spacial score (nSPS) is 17.4. The highest BCUT2D eigenvalue weighted by Gasteiger charge is 2.28. The van der Waals surface area contributed by atoms with Gasteiger partial charge in [0.15, 0.2) is 6.10 Å². The Bertz CT molecular complexity index is 422. The Kier molecular flexibility index (Phi) is 3.58. The van der Waals surface area contributed by atoms with Crippen molar-refractivity contribution in [3.05, 3.63) is 29.6 Å². The number of carbonyl (C=O) groups is 1. The van der Waals surface area contributed by atoms with Crippen LogP contribution in [0.25, 0.3) is 0 Å². The number of halogens is 1. The standard InChI is InChI=1S/C12H14FNO3/c13-9-2-3-10-8(6-9)7-11(17-10)12(16)14-4-1-5-15/h2-3,6,11,15H,1,4-5,7H2,(H,14,16). The van der Waals surface area contributed by atoms with Gasteiger partial charge in [-0.25, -0.2) is 4.39 Å². The van der Waals surface area contributed by atoms with Gasteiger partial charge >= 0.3 is 0 Å². The molecule has 1 amide bonds. The number of fused-ring (bicyclic) bond motifs is 1. The van der Waals surface area contributed by atoms with Crippen LogP contribution in [0.1, 0.15) is 12.0 Å². The lowest BCUT2D eigenvalue weighted by Gasteiger charge is -2.10. The molecule has 1 aliphatic rings. The van der Waals surface area contributed by atoms with Crippen molar-refractivity contribution in [2.75, 3.05) is 13.2 Å². The first-order valence-electron chi connectivity index (χ1n) is 5.54. The average Bonchev–Trinajstić information content (AvgIpc) is 2.72. The van der Waals surface area contributed by atoms with E-state index in [9.17, 15) is 9.18 Å². The van der Waals surface area contributed by atoms with Crippen LogP contribution < -0.4 is 10.1 Å². The first-order chi connectivity index (χ1) is 8.20. The zero-order valence-corrected chi connectivity index (χ0v) is 9.28. The first-order valence-corrected chi connectivity index (χ1v) is 5.54. The second-order valence-electron chi connectivity index (χ2n) is 3.93. The number of aliphatic hydroxyl groups is 1. The number of hydrogen-bond acceptors (Lipinski definition) is 3. The fourth-order valence-electron chi connectivity index (χ4n) is 1.77. The van der Waals surface area contributed by atoms with E-state index in [1.54, 1.807) is 0 Å². The van der Waals surface area contributed by atoms with E-state index < -0.39 is 6.10 Å². The summed E-state index contributed by atoms with van der Waals surface area (Å²) in [5.41, 5.74) is 0.715. The Morgan fingerprint density at radius 1 is 1.59 bits per heavy atom. The fourth-order valence-corrected chi connectivity index (χ4v) is 1.77. The summed E-state index contributed by atoms with van der Waals surface area (Å²) in [6, 6.07) is 4.23. The highest BCUT2D eigenvalue weighted by atomic mass is 19.1. The summed E-state index contributed by atoms with van der Waals surface area (Å²) in [7, 11) is 0. The van der Waals surface area contributed by atoms with Crippen LogP contribution in [-0.2, 0) is 11.2 Å². The molecule has 0 fully saturated rings. The molecule has 1 aliphatic heterocycles. The van der Waals surface area contributed by atoms with Crippen LogP contribution in [0, 0.1) is 5.82 Å². The van der Waals surface area contributed by atoms with Gasteiger partial charge in [-0.05, 0) is 24.6 Å². The van der Waals surface area contributed by atoms with Gasteiger partial charge in [-0.3, -0.25) is 4.79 Å². The molecular weight excluding hydrogens is 225 g/mol. The zero-order chi connectivity index (χ0) is 12.3. The van der Waals surface area contributed by atoms with E-state index in [1.807, 2.05) is 0 Å². The number of ether oxygens (including phenoxy) is 1. The van der Waals surface area contributed by atoms with Crippen LogP contribution >= 0.6 is 0 Å². The lowest BCUT2D eigenvalue weighted by Crippen LogP contribution is -2.38. The summed E-state index contributed by atoms with van der Waals surface area (Å²) in [4.78, 5) is 11.7. The molecule has 0 saturated heterocycles. The molecule has 17 heavy (non-hydrogen) atoms. The van der Waals surface area contributed by atoms with Crippen molar-refractivity contribution in [1.29, 1.82) is 0 Å². The molecule has 0 aromatic heterocycles. The molecule has 1 heterocycles. The number of aliphatic hydroxyl groups excluding tert-OH is 1. The van der Waals surface area contributed by atoms with E-state index in [1.165, 1.54) is 18.2 Å². The van der Waals surface area contributed by atoms with Crippen LogP contribution in [0.2, 0.25) is 0 Å². The van der Waals surface area contributed by atoms with Crippen molar-refractivity contribution >= 4 is 5.91 Å². The summed E-state index contributed by atoms with van der Waals surface area (Å²) < 4.78 is 18.4. The SMILES string of the molecule is O=C(NCCCO)C1Cc2cc(F)ccc2O1. The van der Waals surface area contributed by atoms with E-state index in [0.29, 0.717) is 30.7 Å². The molecule has 4 nitrogen and oxygen atoms in total. The van der Waals surface area contributed by atoms with Gasteiger partial charge in [0, 0.05) is 25.1 Å². The number of benzene rings is 1. The Hall–Kier alpha value is -1.62. The molecule has 1 unspecified atom stereocenters. The minimum atomic E-state index is -0.592. The zero-order valence-electron chi connectivity index (χ0n) is 9.28. The molecule has 0 saturated carbocycles. The second-order valence-corrected chi connectivity index (χ2v) is 3.93. The third kappa shape index (κ3) is 2.74. The summed E-state index contributed by atoms with van der Waals surface area (Å²) in [6.45, 7) is 0.455. The first kappa shape index (κ1) is 11.9. The summed E-state index contributed by atoms with van der Waals surface area (Å²) in [5, 5.41) is 11.3. The second kappa shape index (κ2) is 5.14. The van der Waals surface area contributed by atoms with Crippen molar-refractivity contribution in [1.82, 2.24) is 5.32 Å². The van der Waals surface area contributed by atoms with E-state index in [2.05, 4.69) is 5.32 Å². The van der Waals surface area contributed by atoms with Crippen LogP contribution in [0.15, 0.2) is 18.2 Å². The number of carbonyl (C=O) groups excluding carboxylic acids is 1. The topological polar surface area (TPSA) is 58.6 Å². The number of rotatable bonds is 4. The average molecular weight is 239 g/mol. The van der Waals surface area contributed by atoms with Gasteiger partial charge in [0.25, 0.3) is 5.91 Å². The lowest BCUT2D eigenvalue weighted by atomic mass is 10.1. The van der Waals surface area contributed by atoms with Crippen LogP contribution in [-0.4, -0.2) is 30.3 Å². The maximum absolute atomic E-state index is 13.0. The smallest absolute Gasteiger partial charge is 0.261 e. The van der Waals surface area contributed by atoms with E-state index in [4.69, 9.17) is 9.84 Å². The minimum absolute atomic E-state index is 0.0389. The molecule has 5 heteroatoms. The van der Waals surface area contributed by atoms with Crippen molar-refractivity contribution in [2.45, 2.75) is 18.9 Å². The Labute approximate surface area is 98.4 Å². The predicted molar refractivity (Wildman–Crippen MR) is 59.2 cm³/mol. The van der Waals surface area contributed by atoms with Gasteiger partial charge in [-0.1, -0.05) is 0 Å². The fraction of sp³-hybridized carbons (Fsp3) is 0.417. The third-order valence-electron chi connectivity index (χ3n) is 2.62. The van der Waals surface area contributed by atoms with Crippen LogP contribution in [0.4, 0.5) is 4.39 Å². The Morgan fingerprint density at radius 3 is 3.18 bits per heavy atom. The van der Waals surface area contributed by atoms with E-state index in [-0.39, 0.29) is 18.3 Å². The van der Waals surface area contributed by atoms with E-state index >= 15 is 0 Å². The minimum Gasteiger partial charge on any atom is -0.480 e. The molecule has 0 radical (unpaired) electrons. The summed E-state index contributed by atoms with van der Waals surface area (Å²) in [5.74, 6) is 0.0115. The van der Waals surface area contributed by atoms with Crippen molar-refractivity contribution in [3.63, 3.8) is 0 Å². The molecule has 1 aromatic rings. The number of nitrogens with one attached hydrogen (secondary N) is 1. The molecule has 0 bridgehead atoms. The molecule has 2 rings (SSSR count). The van der Waals surface area contributed by atoms with Crippen molar-refractivity contribution < 1.29 is 19.0 Å². The van der Waals surface area contributed by atoms with Crippen LogP contribution in [0.5, 0.6) is 5.75 Å². The largest absolute Gasteiger partial charge is 0.480 e. The molecular formula is C12H14FNO3. The van der Waals surface area contributed by atoms with Crippen molar-refractivity contribution in [2.24, 2.45) is 0 Å². The Morgan fingerprint density at radius 2 is 2.41 bits per heavy atom. The quantitative estimate of drug-likeness (QED) is 0.758. The van der Waals surface area contributed by atoms with Gasteiger partial charge < -0.3 is 15.2 Å². The maximum Gasteiger partial charge on any atom is 0.261 e. The number of hydrogen-bond donors (Lipinski definition) is 2. The molecule has 1 atom stereocenters. The lowest BCUT2D eigenvalue weighted by molar-refractivity contribution is -0.127. The highest BCUT2D eigenvalue weighted by Crippen LogP contribution is 2.29. The van der Waals surface area contributed by atoms with Gasteiger partial charge in [-0.15, -0.1) is 0 Å².